The number of carboxylic acid groups (broad SMARTS) is 1. The fourth-order valence-corrected chi connectivity index (χ4v) is 6.35. The molecule has 3 aliphatic carbocycles. The first-order valence-electron chi connectivity index (χ1n) is 10.9. The van der Waals surface area contributed by atoms with Crippen LogP contribution < -0.4 is 4.74 Å². The molecule has 3 nitrogen and oxygen atoms in total. The lowest BCUT2D eigenvalue weighted by Crippen LogP contribution is -2.52. The van der Waals surface area contributed by atoms with Gasteiger partial charge >= 0.3 is 5.97 Å². The molecule has 1 aromatic carbocycles. The van der Waals surface area contributed by atoms with E-state index in [1.807, 2.05) is 6.92 Å². The number of rotatable bonds is 4. The smallest absolute Gasteiger partial charge is 0.309 e. The third-order valence-corrected chi connectivity index (χ3v) is 8.03. The topological polar surface area (TPSA) is 46.5 Å². The van der Waals surface area contributed by atoms with Crippen LogP contribution in [0.4, 0.5) is 0 Å². The second kappa shape index (κ2) is 7.14. The molecular weight excluding hydrogens is 336 g/mol. The van der Waals surface area contributed by atoms with E-state index in [0.717, 1.165) is 44.5 Å². The first-order chi connectivity index (χ1) is 12.9. The third kappa shape index (κ3) is 3.28. The minimum atomic E-state index is -0.619. The van der Waals surface area contributed by atoms with Crippen LogP contribution in [0.1, 0.15) is 82.8 Å². The van der Waals surface area contributed by atoms with E-state index in [1.165, 1.54) is 43.2 Å². The minimum absolute atomic E-state index is 0.0524. The Hall–Kier alpha value is -1.51. The molecule has 4 rings (SSSR count). The molecule has 2 fully saturated rings. The van der Waals surface area contributed by atoms with Gasteiger partial charge in [0, 0.05) is 0 Å². The number of ether oxygens (including phenoxy) is 1. The Morgan fingerprint density at radius 2 is 1.89 bits per heavy atom. The summed E-state index contributed by atoms with van der Waals surface area (Å²) in [6.45, 7) is 5.11. The molecule has 3 atom stereocenters. The predicted octanol–water partition coefficient (Wildman–Crippen LogP) is 5.74. The van der Waals surface area contributed by atoms with Crippen LogP contribution in [0.3, 0.4) is 0 Å². The number of aliphatic carboxylic acids is 1. The monoisotopic (exact) mass is 370 g/mol. The number of carbonyl (C=O) groups is 1. The van der Waals surface area contributed by atoms with Gasteiger partial charge in [0.1, 0.15) is 5.75 Å². The summed E-state index contributed by atoms with van der Waals surface area (Å²) in [4.78, 5) is 12.1. The van der Waals surface area contributed by atoms with E-state index in [2.05, 4.69) is 25.1 Å². The second-order valence-electron chi connectivity index (χ2n) is 9.72. The number of carboxylic acids is 1. The highest BCUT2D eigenvalue weighted by Gasteiger charge is 2.55. The Kier molecular flexibility index (Phi) is 4.98. The number of hydrogen-bond acceptors (Lipinski definition) is 2. The molecule has 0 unspecified atom stereocenters. The Labute approximate surface area is 163 Å². The van der Waals surface area contributed by atoms with Crippen LogP contribution in [-0.4, -0.2) is 17.7 Å². The fraction of sp³-hybridized carbons (Fsp3) is 0.708. The number of hydrogen-bond donors (Lipinski definition) is 1. The number of aryl methyl sites for hydroxylation is 1. The highest BCUT2D eigenvalue weighted by atomic mass is 16.5. The van der Waals surface area contributed by atoms with Gasteiger partial charge in [-0.2, -0.15) is 0 Å². The van der Waals surface area contributed by atoms with Gasteiger partial charge in [0.05, 0.1) is 12.0 Å². The molecule has 1 N–H and O–H groups in total. The maximum Gasteiger partial charge on any atom is 0.309 e. The van der Waals surface area contributed by atoms with Gasteiger partial charge in [0.2, 0.25) is 0 Å². The van der Waals surface area contributed by atoms with Crippen LogP contribution in [-0.2, 0) is 16.6 Å². The summed E-state index contributed by atoms with van der Waals surface area (Å²) in [6, 6.07) is 6.61. The molecule has 0 bridgehead atoms. The summed E-state index contributed by atoms with van der Waals surface area (Å²) in [7, 11) is 0. The van der Waals surface area contributed by atoms with Gasteiger partial charge in [-0.1, -0.05) is 38.7 Å². The molecule has 0 aliphatic heterocycles. The van der Waals surface area contributed by atoms with E-state index < -0.39 is 11.4 Å². The highest BCUT2D eigenvalue weighted by Crippen LogP contribution is 2.57. The van der Waals surface area contributed by atoms with Crippen LogP contribution >= 0.6 is 0 Å². The predicted molar refractivity (Wildman–Crippen MR) is 107 cm³/mol. The van der Waals surface area contributed by atoms with Crippen molar-refractivity contribution in [1.82, 2.24) is 0 Å². The highest BCUT2D eigenvalue weighted by molar-refractivity contribution is 5.75. The van der Waals surface area contributed by atoms with Gasteiger partial charge < -0.3 is 9.84 Å². The van der Waals surface area contributed by atoms with Crippen molar-refractivity contribution in [3.63, 3.8) is 0 Å². The largest absolute Gasteiger partial charge is 0.493 e. The second-order valence-corrected chi connectivity index (χ2v) is 9.72. The van der Waals surface area contributed by atoms with Crippen LogP contribution in [0.5, 0.6) is 5.75 Å². The lowest BCUT2D eigenvalue weighted by Gasteiger charge is -2.53. The van der Waals surface area contributed by atoms with Crippen LogP contribution in [0.2, 0.25) is 0 Å². The SMILES string of the molecule is C[C@]1(C(=O)O)CCC[C@]2(C)c3cc(OCC4CCCCC4)ccc3CC[C@@H]12. The maximum atomic E-state index is 12.1. The molecule has 0 radical (unpaired) electrons. The van der Waals surface area contributed by atoms with Gasteiger partial charge in [-0.05, 0) is 86.0 Å². The Balaban J connectivity index is 1.58. The normalized spacial score (nSPS) is 33.8. The molecule has 3 aliphatic rings. The number of benzene rings is 1. The van der Waals surface area contributed by atoms with Crippen molar-refractivity contribution in [1.29, 1.82) is 0 Å². The van der Waals surface area contributed by atoms with Gasteiger partial charge in [-0.25, -0.2) is 0 Å². The Morgan fingerprint density at radius 3 is 2.63 bits per heavy atom. The molecule has 2 saturated carbocycles. The standard InChI is InChI=1S/C24H34O3/c1-23-13-6-14-24(2,22(25)26)21(23)12-10-18-9-11-19(15-20(18)23)27-16-17-7-4-3-5-8-17/h9,11,15,17,21H,3-8,10,12-14,16H2,1-2H3,(H,25,26)/t21-,23-,24+/m1/s1. The summed E-state index contributed by atoms with van der Waals surface area (Å²) in [5.74, 6) is 1.26. The zero-order chi connectivity index (χ0) is 19.1. The lowest BCUT2D eigenvalue weighted by atomic mass is 9.50. The average molecular weight is 371 g/mol. The van der Waals surface area contributed by atoms with Crippen LogP contribution in [0, 0.1) is 17.3 Å². The van der Waals surface area contributed by atoms with Crippen molar-refractivity contribution >= 4 is 5.97 Å². The van der Waals surface area contributed by atoms with Crippen molar-refractivity contribution in [2.75, 3.05) is 6.61 Å². The van der Waals surface area contributed by atoms with Crippen molar-refractivity contribution in [3.05, 3.63) is 29.3 Å². The molecule has 0 aromatic heterocycles. The molecular formula is C24H34O3. The molecule has 0 heterocycles. The zero-order valence-corrected chi connectivity index (χ0v) is 16.9. The molecule has 148 valence electrons. The van der Waals surface area contributed by atoms with Crippen LogP contribution in [0.25, 0.3) is 0 Å². The summed E-state index contributed by atoms with van der Waals surface area (Å²) < 4.78 is 6.22. The van der Waals surface area contributed by atoms with Gasteiger partial charge in [0.15, 0.2) is 0 Å². The fourth-order valence-electron chi connectivity index (χ4n) is 6.35. The molecule has 27 heavy (non-hydrogen) atoms. The summed E-state index contributed by atoms with van der Waals surface area (Å²) >= 11 is 0. The molecule has 0 saturated heterocycles. The number of fused-ring (bicyclic) bond motifs is 3. The van der Waals surface area contributed by atoms with E-state index in [0.29, 0.717) is 5.92 Å². The quantitative estimate of drug-likeness (QED) is 0.735. The molecule has 0 amide bonds. The van der Waals surface area contributed by atoms with E-state index >= 15 is 0 Å². The maximum absolute atomic E-state index is 12.1. The lowest BCUT2D eigenvalue weighted by molar-refractivity contribution is -0.157. The third-order valence-electron chi connectivity index (χ3n) is 8.03. The van der Waals surface area contributed by atoms with Gasteiger partial charge in [0.25, 0.3) is 0 Å². The van der Waals surface area contributed by atoms with E-state index in [-0.39, 0.29) is 11.3 Å². The van der Waals surface area contributed by atoms with Crippen molar-refractivity contribution in [2.45, 2.75) is 83.5 Å². The first-order valence-corrected chi connectivity index (χ1v) is 10.9. The van der Waals surface area contributed by atoms with E-state index in [4.69, 9.17) is 4.74 Å². The van der Waals surface area contributed by atoms with Crippen molar-refractivity contribution < 1.29 is 14.6 Å². The minimum Gasteiger partial charge on any atom is -0.493 e. The van der Waals surface area contributed by atoms with Crippen molar-refractivity contribution in [2.24, 2.45) is 17.3 Å². The summed E-state index contributed by atoms with van der Waals surface area (Å²) in [5.41, 5.74) is 2.09. The van der Waals surface area contributed by atoms with E-state index in [9.17, 15) is 9.90 Å². The average Bonchev–Trinajstić information content (AvgIpc) is 2.67. The van der Waals surface area contributed by atoms with Crippen LogP contribution in [0.15, 0.2) is 18.2 Å². The molecule has 0 spiro atoms. The van der Waals surface area contributed by atoms with E-state index in [1.54, 1.807) is 0 Å². The molecule has 3 heteroatoms. The molecule has 1 aromatic rings. The Morgan fingerprint density at radius 1 is 1.11 bits per heavy atom. The summed E-state index contributed by atoms with van der Waals surface area (Å²) in [5, 5.41) is 9.96. The summed E-state index contributed by atoms with van der Waals surface area (Å²) in [6.07, 6.45) is 11.5. The van der Waals surface area contributed by atoms with Gasteiger partial charge in [-0.15, -0.1) is 0 Å². The Bertz CT molecular complexity index is 706. The van der Waals surface area contributed by atoms with Gasteiger partial charge in [-0.3, -0.25) is 4.79 Å². The first kappa shape index (κ1) is 18.8. The van der Waals surface area contributed by atoms with Crippen molar-refractivity contribution in [3.8, 4) is 5.75 Å². The zero-order valence-electron chi connectivity index (χ0n) is 16.9.